The zero-order chi connectivity index (χ0) is 27.6. The maximum absolute atomic E-state index is 14.8. The number of aromatic nitrogens is 4. The molecule has 2 N–H and O–H groups in total. The van der Waals surface area contributed by atoms with Crippen LogP contribution in [0.3, 0.4) is 0 Å². The van der Waals surface area contributed by atoms with Gasteiger partial charge in [0.15, 0.2) is 12.0 Å². The van der Waals surface area contributed by atoms with Crippen molar-refractivity contribution in [3.63, 3.8) is 0 Å². The van der Waals surface area contributed by atoms with Crippen molar-refractivity contribution >= 4 is 5.91 Å². The predicted octanol–water partition coefficient (Wildman–Crippen LogP) is 4.56. The zero-order valence-electron chi connectivity index (χ0n) is 21.5. The summed E-state index contributed by atoms with van der Waals surface area (Å²) in [6.07, 6.45) is 0.148. The van der Waals surface area contributed by atoms with E-state index < -0.39 is 36.1 Å². The van der Waals surface area contributed by atoms with E-state index in [1.165, 1.54) is 36.9 Å². The number of halogens is 2. The minimum atomic E-state index is -1.92. The molecule has 0 fully saturated rings. The first kappa shape index (κ1) is 26.9. The van der Waals surface area contributed by atoms with Crippen LogP contribution in [0.4, 0.5) is 8.78 Å². The number of carbonyl (C=O) groups excluding carboxylic acids is 1. The number of aliphatic hydroxyl groups is 1. The molecule has 0 aliphatic heterocycles. The molecule has 0 radical (unpaired) electrons. The first-order valence-corrected chi connectivity index (χ1v) is 12.1. The quantitative estimate of drug-likeness (QED) is 0.354. The summed E-state index contributed by atoms with van der Waals surface area (Å²) >= 11 is 0. The lowest BCUT2D eigenvalue weighted by molar-refractivity contribution is 0.0860. The molecule has 0 aliphatic carbocycles. The van der Waals surface area contributed by atoms with E-state index in [-0.39, 0.29) is 5.69 Å². The fraction of sp³-hybridized carbons (Fsp3) is 0.286. The minimum Gasteiger partial charge on any atom is -0.393 e. The van der Waals surface area contributed by atoms with E-state index in [0.29, 0.717) is 33.6 Å². The van der Waals surface area contributed by atoms with Crippen LogP contribution >= 0.6 is 0 Å². The molecule has 1 amide bonds. The summed E-state index contributed by atoms with van der Waals surface area (Å²) in [7, 11) is 0. The Morgan fingerprint density at radius 1 is 1.13 bits per heavy atom. The third-order valence-corrected chi connectivity index (χ3v) is 6.48. The fourth-order valence-electron chi connectivity index (χ4n) is 4.46. The Balaban J connectivity index is 1.62. The minimum absolute atomic E-state index is 0.00349. The number of aliphatic hydroxyl groups excluding tert-OH is 1. The number of nitrogens with one attached hydrogen (secondary N) is 1. The fourth-order valence-corrected chi connectivity index (χ4v) is 4.46. The van der Waals surface area contributed by atoms with E-state index in [4.69, 9.17) is 0 Å². The molecule has 0 saturated heterocycles. The number of hydrogen-bond acceptors (Lipinski definition) is 5. The molecule has 8 nitrogen and oxygen atoms in total. The molecule has 2 aromatic heterocycles. The highest BCUT2D eigenvalue weighted by molar-refractivity contribution is 5.92. The maximum atomic E-state index is 14.8. The summed E-state index contributed by atoms with van der Waals surface area (Å²) in [4.78, 5) is 25.7. The van der Waals surface area contributed by atoms with Crippen LogP contribution in [0.2, 0.25) is 0 Å². The topological polar surface area (TPSA) is 102 Å². The number of nitrogens with zero attached hydrogens (tertiary/aromatic N) is 4. The van der Waals surface area contributed by atoms with Gasteiger partial charge in [-0.15, -0.1) is 0 Å². The largest absolute Gasteiger partial charge is 0.393 e. The van der Waals surface area contributed by atoms with Crippen molar-refractivity contribution in [3.8, 4) is 16.9 Å². The molecular weight excluding hydrogens is 492 g/mol. The van der Waals surface area contributed by atoms with Gasteiger partial charge in [-0.1, -0.05) is 30.3 Å². The van der Waals surface area contributed by atoms with Crippen molar-refractivity contribution in [2.45, 2.75) is 45.7 Å². The number of alkyl halides is 2. The van der Waals surface area contributed by atoms with E-state index in [2.05, 4.69) is 15.5 Å². The number of carbonyl (C=O) groups is 1. The van der Waals surface area contributed by atoms with Gasteiger partial charge in [0.2, 0.25) is 0 Å². The second-order valence-corrected chi connectivity index (χ2v) is 9.32. The molecule has 4 aromatic rings. The highest BCUT2D eigenvalue weighted by Crippen LogP contribution is 2.31. The van der Waals surface area contributed by atoms with Gasteiger partial charge in [-0.05, 0) is 68.7 Å². The second kappa shape index (κ2) is 10.7. The van der Waals surface area contributed by atoms with Crippen molar-refractivity contribution < 1.29 is 18.7 Å². The molecule has 38 heavy (non-hydrogen) atoms. The molecule has 0 aliphatic rings. The summed E-state index contributed by atoms with van der Waals surface area (Å²) in [5, 5.41) is 20.6. The highest BCUT2D eigenvalue weighted by atomic mass is 19.1. The third-order valence-electron chi connectivity index (χ3n) is 6.48. The molecule has 3 atom stereocenters. The maximum Gasteiger partial charge on any atom is 0.272 e. The predicted molar refractivity (Wildman–Crippen MR) is 139 cm³/mol. The van der Waals surface area contributed by atoms with Gasteiger partial charge in [0.25, 0.3) is 11.5 Å². The molecule has 2 aromatic carbocycles. The Kier molecular flexibility index (Phi) is 7.54. The van der Waals surface area contributed by atoms with E-state index in [1.54, 1.807) is 62.4 Å². The second-order valence-electron chi connectivity index (χ2n) is 9.32. The summed E-state index contributed by atoms with van der Waals surface area (Å²) in [5.41, 5.74) is 0.829. The van der Waals surface area contributed by atoms with Gasteiger partial charge in [-0.3, -0.25) is 9.59 Å². The standard InChI is InChI=1S/C28H29F2N5O3/c1-17-22(9-6-10-23(17)28(4,30)16-36)18(2)32-27(38)24-11-12-26(37)35(33-24)21-8-5-7-20(15-21)25-13-14-31-34(25)19(3)29/h5-15,18-19,36H,16H2,1-4H3,(H,32,38)/t18-,19?,28?/m1/s1. The average molecular weight is 522 g/mol. The van der Waals surface area contributed by atoms with Crippen LogP contribution in [-0.2, 0) is 5.67 Å². The Morgan fingerprint density at radius 3 is 2.58 bits per heavy atom. The Hall–Kier alpha value is -4.18. The van der Waals surface area contributed by atoms with Crippen LogP contribution in [0.1, 0.15) is 60.3 Å². The lowest BCUT2D eigenvalue weighted by Gasteiger charge is -2.24. The van der Waals surface area contributed by atoms with E-state index >= 15 is 0 Å². The van der Waals surface area contributed by atoms with Gasteiger partial charge in [0.1, 0.15) is 5.69 Å². The molecule has 0 spiro atoms. The Labute approximate surface area is 218 Å². The number of amides is 1. The van der Waals surface area contributed by atoms with Crippen molar-refractivity contribution in [1.29, 1.82) is 0 Å². The summed E-state index contributed by atoms with van der Waals surface area (Å²) in [6, 6.07) is 15.6. The van der Waals surface area contributed by atoms with Crippen LogP contribution in [-0.4, -0.2) is 37.2 Å². The van der Waals surface area contributed by atoms with E-state index in [9.17, 15) is 23.5 Å². The highest BCUT2D eigenvalue weighted by Gasteiger charge is 2.28. The van der Waals surface area contributed by atoms with Crippen LogP contribution in [0.15, 0.2) is 71.7 Å². The number of benzene rings is 2. The summed E-state index contributed by atoms with van der Waals surface area (Å²) in [6.45, 7) is 5.50. The van der Waals surface area contributed by atoms with E-state index in [1.807, 2.05) is 0 Å². The third kappa shape index (κ3) is 5.26. The van der Waals surface area contributed by atoms with Gasteiger partial charge in [-0.2, -0.15) is 14.9 Å². The van der Waals surface area contributed by atoms with Crippen LogP contribution in [0.5, 0.6) is 0 Å². The molecule has 2 unspecified atom stereocenters. The smallest absolute Gasteiger partial charge is 0.272 e. The monoisotopic (exact) mass is 521 g/mol. The average Bonchev–Trinajstić information content (AvgIpc) is 3.39. The molecule has 198 valence electrons. The molecule has 2 heterocycles. The van der Waals surface area contributed by atoms with E-state index in [0.717, 1.165) is 4.68 Å². The lowest BCUT2D eigenvalue weighted by atomic mass is 9.89. The number of hydrogen-bond donors (Lipinski definition) is 2. The summed E-state index contributed by atoms with van der Waals surface area (Å²) in [5.74, 6) is -0.526. The normalized spacial score (nSPS) is 14.5. The van der Waals surface area contributed by atoms with Gasteiger partial charge >= 0.3 is 0 Å². The molecule has 4 rings (SSSR count). The lowest BCUT2D eigenvalue weighted by Crippen LogP contribution is -2.31. The first-order valence-electron chi connectivity index (χ1n) is 12.1. The van der Waals surface area contributed by atoms with Gasteiger partial charge in [0.05, 0.1) is 24.0 Å². The number of rotatable bonds is 8. The van der Waals surface area contributed by atoms with Crippen LogP contribution in [0, 0.1) is 6.92 Å². The summed E-state index contributed by atoms with van der Waals surface area (Å²) < 4.78 is 31.1. The SMILES string of the molecule is Cc1c([C@@H](C)NC(=O)c2ccc(=O)n(-c3cccc(-c4ccnn4C(C)F)c3)n2)cccc1C(C)(F)CO. The van der Waals surface area contributed by atoms with Gasteiger partial charge in [-0.25, -0.2) is 13.5 Å². The van der Waals surface area contributed by atoms with Crippen LogP contribution in [0.25, 0.3) is 16.9 Å². The molecule has 0 saturated carbocycles. The van der Waals surface area contributed by atoms with Crippen LogP contribution < -0.4 is 10.9 Å². The molecule has 10 heteroatoms. The molecular formula is C28H29F2N5O3. The van der Waals surface area contributed by atoms with Crippen molar-refractivity contribution in [2.75, 3.05) is 6.61 Å². The Bertz CT molecular complexity index is 1530. The van der Waals surface area contributed by atoms with Gasteiger partial charge in [0, 0.05) is 17.8 Å². The van der Waals surface area contributed by atoms with Crippen molar-refractivity contribution in [3.05, 3.63) is 99.6 Å². The van der Waals surface area contributed by atoms with Crippen molar-refractivity contribution in [1.82, 2.24) is 24.9 Å². The Morgan fingerprint density at radius 2 is 1.87 bits per heavy atom. The van der Waals surface area contributed by atoms with Gasteiger partial charge < -0.3 is 10.4 Å². The molecule has 0 bridgehead atoms. The first-order chi connectivity index (χ1) is 18.0. The zero-order valence-corrected chi connectivity index (χ0v) is 21.5. The van der Waals surface area contributed by atoms with Crippen molar-refractivity contribution in [2.24, 2.45) is 0 Å².